The molecule has 1 aromatic heterocycles. The molecule has 2 heterocycles. The van der Waals surface area contributed by atoms with Gasteiger partial charge in [-0.1, -0.05) is 37.5 Å². The van der Waals surface area contributed by atoms with Gasteiger partial charge in [0.15, 0.2) is 0 Å². The first-order valence-corrected chi connectivity index (χ1v) is 9.97. The quantitative estimate of drug-likeness (QED) is 0.779. The number of likely N-dealkylation sites (N-methyl/N-ethyl adjacent to an activating group) is 1. The highest BCUT2D eigenvalue weighted by Gasteiger charge is 2.40. The Morgan fingerprint density at radius 1 is 1.18 bits per heavy atom. The van der Waals surface area contributed by atoms with E-state index in [9.17, 15) is 14.4 Å². The van der Waals surface area contributed by atoms with Crippen molar-refractivity contribution < 1.29 is 14.4 Å². The van der Waals surface area contributed by atoms with E-state index in [-0.39, 0.29) is 24.4 Å². The summed E-state index contributed by atoms with van der Waals surface area (Å²) in [5.41, 5.74) is 1.97. The molecular weight excluding hydrogens is 356 g/mol. The maximum absolute atomic E-state index is 12.8. The molecule has 7 heteroatoms. The maximum atomic E-state index is 12.8. The van der Waals surface area contributed by atoms with Crippen LogP contribution >= 0.6 is 0 Å². The molecule has 4 amide bonds. The van der Waals surface area contributed by atoms with Crippen LogP contribution in [-0.4, -0.2) is 58.3 Å². The minimum Gasteiger partial charge on any atom is -0.361 e. The number of hydrogen-bond donors (Lipinski definition) is 2. The van der Waals surface area contributed by atoms with Crippen LogP contribution in [0.3, 0.4) is 0 Å². The number of carbonyl (C=O) groups excluding carboxylic acids is 3. The van der Waals surface area contributed by atoms with Crippen molar-refractivity contribution in [2.45, 2.75) is 50.6 Å². The predicted molar refractivity (Wildman–Crippen MR) is 106 cm³/mol. The molecule has 4 rings (SSSR count). The SMILES string of the molecule is CN(C(=O)CN1C(=O)N[C@@H](Cc2c[nH]c3ccccc23)C1=O)C1CCCCC1. The van der Waals surface area contributed by atoms with Crippen molar-refractivity contribution in [2.75, 3.05) is 13.6 Å². The Kier molecular flexibility index (Phi) is 5.07. The highest BCUT2D eigenvalue weighted by molar-refractivity contribution is 6.06. The smallest absolute Gasteiger partial charge is 0.325 e. The lowest BCUT2D eigenvalue weighted by molar-refractivity contribution is -0.138. The van der Waals surface area contributed by atoms with Crippen LogP contribution in [0.15, 0.2) is 30.5 Å². The summed E-state index contributed by atoms with van der Waals surface area (Å²) in [4.78, 5) is 43.7. The van der Waals surface area contributed by atoms with Crippen LogP contribution in [0.2, 0.25) is 0 Å². The number of hydrogen-bond acceptors (Lipinski definition) is 3. The summed E-state index contributed by atoms with van der Waals surface area (Å²) in [7, 11) is 1.78. The number of nitrogens with zero attached hydrogens (tertiary/aromatic N) is 2. The number of aromatic nitrogens is 1. The van der Waals surface area contributed by atoms with Gasteiger partial charge >= 0.3 is 6.03 Å². The van der Waals surface area contributed by atoms with Crippen LogP contribution < -0.4 is 5.32 Å². The van der Waals surface area contributed by atoms with Crippen molar-refractivity contribution in [2.24, 2.45) is 0 Å². The molecule has 1 saturated carbocycles. The molecule has 1 aliphatic carbocycles. The van der Waals surface area contributed by atoms with E-state index in [0.29, 0.717) is 6.42 Å². The molecule has 0 radical (unpaired) electrons. The van der Waals surface area contributed by atoms with Crippen molar-refractivity contribution in [3.8, 4) is 0 Å². The van der Waals surface area contributed by atoms with E-state index in [0.717, 1.165) is 47.0 Å². The topological polar surface area (TPSA) is 85.5 Å². The molecule has 1 saturated heterocycles. The zero-order valence-electron chi connectivity index (χ0n) is 16.1. The molecule has 148 valence electrons. The molecule has 2 aliphatic rings. The zero-order chi connectivity index (χ0) is 19.7. The summed E-state index contributed by atoms with van der Waals surface area (Å²) < 4.78 is 0. The fourth-order valence-electron chi connectivity index (χ4n) is 4.30. The largest absolute Gasteiger partial charge is 0.361 e. The maximum Gasteiger partial charge on any atom is 0.325 e. The van der Waals surface area contributed by atoms with Crippen LogP contribution in [0.1, 0.15) is 37.7 Å². The zero-order valence-corrected chi connectivity index (χ0v) is 16.1. The second kappa shape index (κ2) is 7.66. The van der Waals surface area contributed by atoms with Crippen molar-refractivity contribution in [1.29, 1.82) is 0 Å². The molecule has 0 unspecified atom stereocenters. The number of H-pyrrole nitrogens is 1. The number of nitrogens with one attached hydrogen (secondary N) is 2. The molecule has 2 fully saturated rings. The van der Waals surface area contributed by atoms with Gasteiger partial charge < -0.3 is 15.2 Å². The Balaban J connectivity index is 1.41. The van der Waals surface area contributed by atoms with E-state index in [1.807, 2.05) is 30.5 Å². The van der Waals surface area contributed by atoms with Crippen molar-refractivity contribution in [1.82, 2.24) is 20.1 Å². The fourth-order valence-corrected chi connectivity index (χ4v) is 4.30. The number of carbonyl (C=O) groups is 3. The molecule has 1 atom stereocenters. The van der Waals surface area contributed by atoms with E-state index < -0.39 is 12.1 Å². The van der Waals surface area contributed by atoms with Gasteiger partial charge in [0, 0.05) is 36.6 Å². The second-order valence-corrected chi connectivity index (χ2v) is 7.79. The summed E-state index contributed by atoms with van der Waals surface area (Å²) in [6, 6.07) is 6.94. The van der Waals surface area contributed by atoms with E-state index in [1.165, 1.54) is 6.42 Å². The van der Waals surface area contributed by atoms with Crippen LogP contribution in [0.5, 0.6) is 0 Å². The first kappa shape index (κ1) is 18.5. The molecule has 0 spiro atoms. The third-order valence-corrected chi connectivity index (χ3v) is 6.02. The molecule has 1 aliphatic heterocycles. The van der Waals surface area contributed by atoms with E-state index in [2.05, 4.69) is 10.3 Å². The Morgan fingerprint density at radius 2 is 1.93 bits per heavy atom. The van der Waals surface area contributed by atoms with Gasteiger partial charge in [-0.25, -0.2) is 4.79 Å². The molecular formula is C21H26N4O3. The summed E-state index contributed by atoms with van der Waals surface area (Å²) in [5, 5.41) is 3.77. The summed E-state index contributed by atoms with van der Waals surface area (Å²) in [6.07, 6.45) is 7.71. The first-order valence-electron chi connectivity index (χ1n) is 9.97. The minimum absolute atomic E-state index is 0.178. The Labute approximate surface area is 164 Å². The Morgan fingerprint density at radius 3 is 2.71 bits per heavy atom. The van der Waals surface area contributed by atoms with Crippen molar-refractivity contribution in [3.63, 3.8) is 0 Å². The lowest BCUT2D eigenvalue weighted by Crippen LogP contribution is -2.46. The minimum atomic E-state index is -0.639. The van der Waals surface area contributed by atoms with Gasteiger partial charge in [0.2, 0.25) is 5.91 Å². The predicted octanol–water partition coefficient (Wildman–Crippen LogP) is 2.42. The lowest BCUT2D eigenvalue weighted by Gasteiger charge is -2.32. The summed E-state index contributed by atoms with van der Waals surface area (Å²) in [5.74, 6) is -0.510. The van der Waals surface area contributed by atoms with Gasteiger partial charge in [0.1, 0.15) is 12.6 Å². The molecule has 2 N–H and O–H groups in total. The second-order valence-electron chi connectivity index (χ2n) is 7.79. The summed E-state index contributed by atoms with van der Waals surface area (Å²) >= 11 is 0. The molecule has 2 aromatic rings. The third kappa shape index (κ3) is 3.48. The molecule has 0 bridgehead atoms. The lowest BCUT2D eigenvalue weighted by atomic mass is 9.94. The number of rotatable bonds is 5. The number of aromatic amines is 1. The van der Waals surface area contributed by atoms with Crippen LogP contribution in [-0.2, 0) is 16.0 Å². The Hall–Kier alpha value is -2.83. The normalized spacial score (nSPS) is 20.6. The molecule has 28 heavy (non-hydrogen) atoms. The fraction of sp³-hybridized carbons (Fsp3) is 0.476. The monoisotopic (exact) mass is 382 g/mol. The van der Waals surface area contributed by atoms with Gasteiger partial charge in [0.05, 0.1) is 0 Å². The van der Waals surface area contributed by atoms with Crippen LogP contribution in [0.25, 0.3) is 10.9 Å². The highest BCUT2D eigenvalue weighted by atomic mass is 16.2. The average Bonchev–Trinajstić information content (AvgIpc) is 3.24. The first-order chi connectivity index (χ1) is 13.5. The highest BCUT2D eigenvalue weighted by Crippen LogP contribution is 2.23. The summed E-state index contributed by atoms with van der Waals surface area (Å²) in [6.45, 7) is -0.192. The number of fused-ring (bicyclic) bond motifs is 1. The molecule has 1 aromatic carbocycles. The van der Waals surface area contributed by atoms with Crippen LogP contribution in [0.4, 0.5) is 4.79 Å². The number of urea groups is 1. The van der Waals surface area contributed by atoms with E-state index >= 15 is 0 Å². The van der Waals surface area contributed by atoms with Gasteiger partial charge in [0.25, 0.3) is 5.91 Å². The van der Waals surface area contributed by atoms with E-state index in [4.69, 9.17) is 0 Å². The standard InChI is InChI=1S/C21H26N4O3/c1-24(15-7-3-2-4-8-15)19(26)13-25-20(27)18(23-21(25)28)11-14-12-22-17-10-6-5-9-16(14)17/h5-6,9-10,12,15,18,22H,2-4,7-8,11,13H2,1H3,(H,23,28)/t18-/m0/s1. The van der Waals surface area contributed by atoms with E-state index in [1.54, 1.807) is 11.9 Å². The Bertz CT molecular complexity index is 900. The van der Waals surface area contributed by atoms with Crippen molar-refractivity contribution in [3.05, 3.63) is 36.0 Å². The number of para-hydroxylation sites is 1. The molecule has 7 nitrogen and oxygen atoms in total. The van der Waals surface area contributed by atoms with Crippen LogP contribution in [0, 0.1) is 0 Å². The van der Waals surface area contributed by atoms with Gasteiger partial charge in [-0.05, 0) is 24.5 Å². The average molecular weight is 382 g/mol. The van der Waals surface area contributed by atoms with Gasteiger partial charge in [-0.3, -0.25) is 14.5 Å². The van der Waals surface area contributed by atoms with Gasteiger partial charge in [-0.15, -0.1) is 0 Å². The van der Waals surface area contributed by atoms with Crippen molar-refractivity contribution >= 4 is 28.7 Å². The number of amides is 4. The van der Waals surface area contributed by atoms with Gasteiger partial charge in [-0.2, -0.15) is 0 Å². The number of imide groups is 1. The third-order valence-electron chi connectivity index (χ3n) is 6.02. The number of benzene rings is 1.